The van der Waals surface area contributed by atoms with Crippen LogP contribution in [0.25, 0.3) is 0 Å². The van der Waals surface area contributed by atoms with Crippen LogP contribution in [0.1, 0.15) is 39.6 Å². The van der Waals surface area contributed by atoms with Gasteiger partial charge in [-0.15, -0.1) is 0 Å². The quantitative estimate of drug-likeness (QED) is 0.706. The molecule has 1 heterocycles. The topological polar surface area (TPSA) is 37.4 Å². The molecule has 3 nitrogen and oxygen atoms in total. The Labute approximate surface area is 151 Å². The van der Waals surface area contributed by atoms with Crippen LogP contribution in [0.5, 0.6) is 0 Å². The third-order valence-corrected chi connectivity index (χ3v) is 4.47. The molecule has 0 spiro atoms. The minimum Gasteiger partial charge on any atom is -0.294 e. The lowest BCUT2D eigenvalue weighted by Crippen LogP contribution is -2.53. The summed E-state index contributed by atoms with van der Waals surface area (Å²) in [6.07, 6.45) is -5.40. The van der Waals surface area contributed by atoms with Crippen molar-refractivity contribution in [2.24, 2.45) is 0 Å². The minimum atomic E-state index is -4.97. The predicted molar refractivity (Wildman–Crippen MR) is 87.8 cm³/mol. The molecule has 2 aromatic carbocycles. The number of benzene rings is 2. The van der Waals surface area contributed by atoms with Crippen molar-refractivity contribution in [3.05, 3.63) is 64.7 Å². The molecule has 0 fully saturated rings. The number of aryl methyl sites for hydroxylation is 1. The molecule has 1 amide bonds. The lowest BCUT2D eigenvalue weighted by Gasteiger charge is -2.37. The van der Waals surface area contributed by atoms with E-state index in [-0.39, 0.29) is 10.5 Å². The minimum absolute atomic E-state index is 0.0922. The number of rotatable bonds is 2. The van der Waals surface area contributed by atoms with E-state index in [4.69, 9.17) is 0 Å². The van der Waals surface area contributed by atoms with E-state index >= 15 is 0 Å². The first-order chi connectivity index (χ1) is 12.6. The summed E-state index contributed by atoms with van der Waals surface area (Å²) in [6.45, 7) is 1.87. The molecule has 0 aromatic heterocycles. The van der Waals surface area contributed by atoms with Gasteiger partial charge in [-0.2, -0.15) is 13.2 Å². The van der Waals surface area contributed by atoms with E-state index in [1.807, 2.05) is 6.92 Å². The largest absolute Gasteiger partial charge is 0.409 e. The molecule has 2 aromatic rings. The molecule has 0 bridgehead atoms. The zero-order valence-corrected chi connectivity index (χ0v) is 14.1. The summed E-state index contributed by atoms with van der Waals surface area (Å²) in [4.78, 5) is 25.1. The van der Waals surface area contributed by atoms with Crippen LogP contribution in [0.2, 0.25) is 0 Å². The van der Waals surface area contributed by atoms with Gasteiger partial charge in [-0.1, -0.05) is 19.1 Å². The number of carbonyl (C=O) groups excluding carboxylic acids is 2. The van der Waals surface area contributed by atoms with Gasteiger partial charge in [0.2, 0.25) is 0 Å². The Morgan fingerprint density at radius 2 is 1.78 bits per heavy atom. The van der Waals surface area contributed by atoms with Crippen molar-refractivity contribution in [3.63, 3.8) is 0 Å². The molecule has 27 heavy (non-hydrogen) atoms. The maximum atomic E-state index is 14.4. The van der Waals surface area contributed by atoms with E-state index in [2.05, 4.69) is 0 Å². The number of nitrogens with zero attached hydrogens (tertiary/aromatic N) is 1. The number of halogens is 5. The first-order valence-electron chi connectivity index (χ1n) is 8.15. The van der Waals surface area contributed by atoms with E-state index < -0.39 is 53.2 Å². The fourth-order valence-electron chi connectivity index (χ4n) is 3.08. The number of hydrogen-bond donors (Lipinski definition) is 0. The van der Waals surface area contributed by atoms with Gasteiger partial charge in [0.1, 0.15) is 11.9 Å². The predicted octanol–water partition coefficient (Wildman–Crippen LogP) is 4.69. The van der Waals surface area contributed by atoms with Crippen LogP contribution in [-0.2, 0) is 6.42 Å². The van der Waals surface area contributed by atoms with Crippen LogP contribution in [0, 0.1) is 11.6 Å². The van der Waals surface area contributed by atoms with Crippen LogP contribution in [0.3, 0.4) is 0 Å². The molecule has 1 aliphatic rings. The van der Waals surface area contributed by atoms with Crippen molar-refractivity contribution in [1.29, 1.82) is 0 Å². The summed E-state index contributed by atoms with van der Waals surface area (Å²) in [6, 6.07) is 4.30. The van der Waals surface area contributed by atoms with Crippen molar-refractivity contribution in [1.82, 2.24) is 0 Å². The summed E-state index contributed by atoms with van der Waals surface area (Å²) in [5, 5.41) is 0. The number of alkyl halides is 3. The Morgan fingerprint density at radius 3 is 2.33 bits per heavy atom. The van der Waals surface area contributed by atoms with Crippen LogP contribution in [0.15, 0.2) is 36.4 Å². The molecule has 1 aliphatic heterocycles. The first-order valence-corrected chi connectivity index (χ1v) is 8.15. The second-order valence-electron chi connectivity index (χ2n) is 6.19. The van der Waals surface area contributed by atoms with Crippen LogP contribution < -0.4 is 4.90 Å². The fraction of sp³-hybridized carbons (Fsp3) is 0.263. The highest BCUT2D eigenvalue weighted by molar-refractivity contribution is 6.14. The number of carbonyl (C=O) groups is 2. The van der Waals surface area contributed by atoms with Gasteiger partial charge < -0.3 is 0 Å². The van der Waals surface area contributed by atoms with Crippen molar-refractivity contribution < 1.29 is 31.5 Å². The van der Waals surface area contributed by atoms with Crippen molar-refractivity contribution in [2.75, 3.05) is 4.90 Å². The molecule has 0 radical (unpaired) electrons. The van der Waals surface area contributed by atoms with Gasteiger partial charge in [0.25, 0.3) is 5.91 Å². The highest BCUT2D eigenvalue weighted by atomic mass is 19.4. The number of amides is 1. The second kappa shape index (κ2) is 6.75. The van der Waals surface area contributed by atoms with Gasteiger partial charge in [0, 0.05) is 23.6 Å². The maximum absolute atomic E-state index is 14.4. The molecule has 0 saturated carbocycles. The van der Waals surface area contributed by atoms with Crippen LogP contribution in [-0.4, -0.2) is 23.9 Å². The van der Waals surface area contributed by atoms with Gasteiger partial charge >= 0.3 is 6.18 Å². The number of Topliss-reactive ketones (excluding diaryl/α,β-unsaturated/α-hetero) is 1. The van der Waals surface area contributed by atoms with Crippen molar-refractivity contribution >= 4 is 17.4 Å². The molecular weight excluding hydrogens is 369 g/mol. The van der Waals surface area contributed by atoms with E-state index in [0.717, 1.165) is 5.56 Å². The molecule has 0 N–H and O–H groups in total. The molecular formula is C19H14F5NO2. The molecule has 0 aliphatic carbocycles. The Hall–Kier alpha value is -2.77. The fourth-order valence-corrected chi connectivity index (χ4v) is 3.08. The average molecular weight is 383 g/mol. The van der Waals surface area contributed by atoms with Gasteiger partial charge in [-0.3, -0.25) is 14.5 Å². The van der Waals surface area contributed by atoms with E-state index in [1.54, 1.807) is 12.1 Å². The summed E-state index contributed by atoms with van der Waals surface area (Å²) in [7, 11) is 0. The number of ketones is 1. The summed E-state index contributed by atoms with van der Waals surface area (Å²) in [5.74, 6) is -4.69. The van der Waals surface area contributed by atoms with Crippen LogP contribution in [0.4, 0.5) is 27.6 Å². The zero-order chi connectivity index (χ0) is 19.9. The van der Waals surface area contributed by atoms with Crippen molar-refractivity contribution in [2.45, 2.75) is 32.0 Å². The normalized spacial score (nSPS) is 17.0. The molecule has 3 rings (SSSR count). The number of fused-ring (bicyclic) bond motifs is 1. The van der Waals surface area contributed by atoms with E-state index in [1.165, 1.54) is 12.1 Å². The average Bonchev–Trinajstić information content (AvgIpc) is 2.60. The van der Waals surface area contributed by atoms with Gasteiger partial charge in [0.05, 0.1) is 5.69 Å². The lowest BCUT2D eigenvalue weighted by molar-refractivity contribution is -0.147. The smallest absolute Gasteiger partial charge is 0.294 e. The van der Waals surface area contributed by atoms with Gasteiger partial charge in [-0.05, 0) is 30.2 Å². The highest BCUT2D eigenvalue weighted by Gasteiger charge is 2.51. The number of hydrogen-bond acceptors (Lipinski definition) is 2. The summed E-state index contributed by atoms with van der Waals surface area (Å²) in [5.41, 5.74) is -0.655. The van der Waals surface area contributed by atoms with Gasteiger partial charge in [0.15, 0.2) is 11.6 Å². The molecule has 0 saturated heterocycles. The summed E-state index contributed by atoms with van der Waals surface area (Å²) < 4.78 is 68.4. The van der Waals surface area contributed by atoms with E-state index in [0.29, 0.717) is 18.6 Å². The third-order valence-electron chi connectivity index (χ3n) is 4.47. The third kappa shape index (κ3) is 3.43. The Balaban J connectivity index is 2.17. The monoisotopic (exact) mass is 383 g/mol. The van der Waals surface area contributed by atoms with Gasteiger partial charge in [-0.25, -0.2) is 8.78 Å². The zero-order valence-electron chi connectivity index (χ0n) is 14.1. The van der Waals surface area contributed by atoms with Crippen LogP contribution >= 0.6 is 0 Å². The first kappa shape index (κ1) is 19.0. The number of anilines is 1. The molecule has 1 atom stereocenters. The Bertz CT molecular complexity index is 906. The molecule has 142 valence electrons. The Morgan fingerprint density at radius 1 is 1.15 bits per heavy atom. The van der Waals surface area contributed by atoms with E-state index in [9.17, 15) is 31.5 Å². The maximum Gasteiger partial charge on any atom is 0.409 e. The SMILES string of the molecule is CCc1ccc(C(=O)N2c3c(F)cc(F)cc3C(=O)CC2C(F)(F)F)cc1. The van der Waals surface area contributed by atoms with Crippen molar-refractivity contribution in [3.8, 4) is 0 Å². The summed E-state index contributed by atoms with van der Waals surface area (Å²) >= 11 is 0. The highest BCUT2D eigenvalue weighted by Crippen LogP contribution is 2.40. The molecule has 8 heteroatoms. The molecule has 1 unspecified atom stereocenters. The lowest BCUT2D eigenvalue weighted by atomic mass is 9.92. The second-order valence-corrected chi connectivity index (χ2v) is 6.19. The Kier molecular flexibility index (Phi) is 4.75. The standard InChI is InChI=1S/C19H14F5NO2/c1-2-10-3-5-11(6-4-10)18(27)25-16(19(22,23)24)9-15(26)13-7-12(20)8-14(21)17(13)25/h3-8,16H,2,9H2,1H3.